The van der Waals surface area contributed by atoms with Crippen LogP contribution >= 0.6 is 11.3 Å². The van der Waals surface area contributed by atoms with Crippen LogP contribution in [0.15, 0.2) is 6.20 Å². The molecule has 1 fully saturated rings. The highest BCUT2D eigenvalue weighted by Crippen LogP contribution is 2.24. The SMILES string of the molecule is CCN(CC1CCCO1)c1ncc(CO)s1. The summed E-state index contributed by atoms with van der Waals surface area (Å²) in [5, 5.41) is 10.0. The van der Waals surface area contributed by atoms with E-state index >= 15 is 0 Å². The molecule has 0 radical (unpaired) electrons. The van der Waals surface area contributed by atoms with Gasteiger partial charge in [0.05, 0.1) is 17.6 Å². The molecule has 1 aromatic rings. The van der Waals surface area contributed by atoms with Gasteiger partial charge < -0.3 is 14.7 Å². The van der Waals surface area contributed by atoms with E-state index in [1.807, 2.05) is 0 Å². The monoisotopic (exact) mass is 242 g/mol. The maximum absolute atomic E-state index is 9.02. The average molecular weight is 242 g/mol. The minimum absolute atomic E-state index is 0.0785. The van der Waals surface area contributed by atoms with E-state index in [1.165, 1.54) is 6.42 Å². The number of aliphatic hydroxyl groups is 1. The van der Waals surface area contributed by atoms with Crippen LogP contribution in [0.2, 0.25) is 0 Å². The van der Waals surface area contributed by atoms with Crippen LogP contribution in [0.25, 0.3) is 0 Å². The van der Waals surface area contributed by atoms with Crippen LogP contribution in [0, 0.1) is 0 Å². The number of hydrogen-bond donors (Lipinski definition) is 1. The summed E-state index contributed by atoms with van der Waals surface area (Å²) in [7, 11) is 0. The molecule has 1 aromatic heterocycles. The zero-order valence-electron chi connectivity index (χ0n) is 9.56. The molecule has 1 atom stereocenters. The van der Waals surface area contributed by atoms with Gasteiger partial charge in [-0.05, 0) is 19.8 Å². The van der Waals surface area contributed by atoms with Crippen LogP contribution in [0.1, 0.15) is 24.6 Å². The third-order valence-corrected chi connectivity index (χ3v) is 3.84. The standard InChI is InChI=1S/C11H18N2O2S/c1-2-13(7-9-4-3-5-15-9)11-12-6-10(8-14)16-11/h6,9,14H,2-5,7-8H2,1H3. The van der Waals surface area contributed by atoms with Crippen LogP contribution in [-0.2, 0) is 11.3 Å². The van der Waals surface area contributed by atoms with Crippen LogP contribution < -0.4 is 4.90 Å². The highest BCUT2D eigenvalue weighted by molar-refractivity contribution is 7.15. The Kier molecular flexibility index (Phi) is 4.15. The van der Waals surface area contributed by atoms with Gasteiger partial charge in [0.1, 0.15) is 0 Å². The van der Waals surface area contributed by atoms with Crippen LogP contribution in [0.3, 0.4) is 0 Å². The number of likely N-dealkylation sites (N-methyl/N-ethyl adjacent to an activating group) is 1. The molecule has 0 aromatic carbocycles. The summed E-state index contributed by atoms with van der Waals surface area (Å²) in [5.41, 5.74) is 0. The lowest BCUT2D eigenvalue weighted by Crippen LogP contribution is -2.31. The first-order valence-electron chi connectivity index (χ1n) is 5.75. The maximum atomic E-state index is 9.02. The Morgan fingerprint density at radius 2 is 2.56 bits per heavy atom. The normalized spacial score (nSPS) is 20.2. The molecule has 90 valence electrons. The third kappa shape index (κ3) is 2.72. The predicted octanol–water partition coefficient (Wildman–Crippen LogP) is 1.64. The van der Waals surface area contributed by atoms with E-state index < -0.39 is 0 Å². The minimum Gasteiger partial charge on any atom is -0.391 e. The molecule has 5 heteroatoms. The Morgan fingerprint density at radius 3 is 3.12 bits per heavy atom. The predicted molar refractivity (Wildman–Crippen MR) is 64.9 cm³/mol. The van der Waals surface area contributed by atoms with E-state index in [0.717, 1.165) is 36.1 Å². The van der Waals surface area contributed by atoms with Gasteiger partial charge in [0.2, 0.25) is 0 Å². The highest BCUT2D eigenvalue weighted by Gasteiger charge is 2.20. The molecule has 2 heterocycles. The molecular formula is C11H18N2O2S. The molecule has 0 saturated carbocycles. The van der Waals surface area contributed by atoms with Gasteiger partial charge in [-0.1, -0.05) is 11.3 Å². The summed E-state index contributed by atoms with van der Waals surface area (Å²) in [6.45, 7) is 4.93. The van der Waals surface area contributed by atoms with Gasteiger partial charge in [-0.3, -0.25) is 0 Å². The fraction of sp³-hybridized carbons (Fsp3) is 0.727. The van der Waals surface area contributed by atoms with E-state index in [0.29, 0.717) is 6.10 Å². The minimum atomic E-state index is 0.0785. The third-order valence-electron chi connectivity index (χ3n) is 2.80. The summed E-state index contributed by atoms with van der Waals surface area (Å²) in [5.74, 6) is 0. The molecule has 0 aliphatic carbocycles. The smallest absolute Gasteiger partial charge is 0.185 e. The van der Waals surface area contributed by atoms with Crippen LogP contribution in [0.4, 0.5) is 5.13 Å². The molecule has 1 aliphatic heterocycles. The second kappa shape index (κ2) is 5.61. The summed E-state index contributed by atoms with van der Waals surface area (Å²) in [6, 6.07) is 0. The first kappa shape index (κ1) is 11.8. The number of anilines is 1. The Bertz CT molecular complexity index is 324. The van der Waals surface area contributed by atoms with Crippen molar-refractivity contribution in [3.8, 4) is 0 Å². The number of ether oxygens (including phenoxy) is 1. The van der Waals surface area contributed by atoms with E-state index in [2.05, 4.69) is 16.8 Å². The highest BCUT2D eigenvalue weighted by atomic mass is 32.1. The number of rotatable bonds is 5. The van der Waals surface area contributed by atoms with Crippen molar-refractivity contribution in [2.24, 2.45) is 0 Å². The Hall–Kier alpha value is -0.650. The van der Waals surface area contributed by atoms with Gasteiger partial charge in [0, 0.05) is 25.9 Å². The van der Waals surface area contributed by atoms with E-state index in [-0.39, 0.29) is 6.61 Å². The molecule has 1 aliphatic rings. The summed E-state index contributed by atoms with van der Waals surface area (Å²) < 4.78 is 5.63. The molecule has 0 amide bonds. The molecule has 1 N–H and O–H groups in total. The van der Waals surface area contributed by atoms with Crippen LogP contribution in [0.5, 0.6) is 0 Å². The number of nitrogens with zero attached hydrogens (tertiary/aromatic N) is 2. The largest absolute Gasteiger partial charge is 0.391 e. The van der Waals surface area contributed by atoms with Gasteiger partial charge in [0.15, 0.2) is 5.13 Å². The maximum Gasteiger partial charge on any atom is 0.185 e. The number of aromatic nitrogens is 1. The Morgan fingerprint density at radius 1 is 1.69 bits per heavy atom. The van der Waals surface area contributed by atoms with Crippen molar-refractivity contribution in [1.82, 2.24) is 4.98 Å². The molecule has 0 spiro atoms. The van der Waals surface area contributed by atoms with Crippen molar-refractivity contribution in [3.63, 3.8) is 0 Å². The zero-order chi connectivity index (χ0) is 11.4. The van der Waals surface area contributed by atoms with Gasteiger partial charge in [-0.25, -0.2) is 4.98 Å². The molecule has 4 nitrogen and oxygen atoms in total. The summed E-state index contributed by atoms with van der Waals surface area (Å²) in [6.07, 6.45) is 4.41. The quantitative estimate of drug-likeness (QED) is 0.852. The van der Waals surface area contributed by atoms with Crippen molar-refractivity contribution in [3.05, 3.63) is 11.1 Å². The Balaban J connectivity index is 1.97. The number of thiazole rings is 1. The molecule has 1 unspecified atom stereocenters. The fourth-order valence-corrected chi connectivity index (χ4v) is 2.74. The van der Waals surface area contributed by atoms with Crippen molar-refractivity contribution in [1.29, 1.82) is 0 Å². The number of hydrogen-bond acceptors (Lipinski definition) is 5. The van der Waals surface area contributed by atoms with E-state index in [1.54, 1.807) is 17.5 Å². The van der Waals surface area contributed by atoms with Crippen molar-refractivity contribution in [2.45, 2.75) is 32.5 Å². The van der Waals surface area contributed by atoms with Crippen LogP contribution in [-0.4, -0.2) is 35.9 Å². The Labute approximate surface area is 99.9 Å². The first-order valence-corrected chi connectivity index (χ1v) is 6.57. The second-order valence-electron chi connectivity index (χ2n) is 3.94. The van der Waals surface area contributed by atoms with E-state index in [9.17, 15) is 0 Å². The molecule has 1 saturated heterocycles. The molecular weight excluding hydrogens is 224 g/mol. The molecule has 16 heavy (non-hydrogen) atoms. The van der Waals surface area contributed by atoms with Gasteiger partial charge in [0.25, 0.3) is 0 Å². The molecule has 2 rings (SSSR count). The lowest BCUT2D eigenvalue weighted by molar-refractivity contribution is 0.115. The zero-order valence-corrected chi connectivity index (χ0v) is 10.4. The summed E-state index contributed by atoms with van der Waals surface area (Å²) >= 11 is 1.56. The van der Waals surface area contributed by atoms with Gasteiger partial charge in [-0.15, -0.1) is 0 Å². The lowest BCUT2D eigenvalue weighted by Gasteiger charge is -2.23. The first-order chi connectivity index (χ1) is 7.83. The van der Waals surface area contributed by atoms with Crippen molar-refractivity contribution >= 4 is 16.5 Å². The van der Waals surface area contributed by atoms with Crippen molar-refractivity contribution in [2.75, 3.05) is 24.6 Å². The van der Waals surface area contributed by atoms with E-state index in [4.69, 9.17) is 9.84 Å². The lowest BCUT2D eigenvalue weighted by atomic mass is 10.2. The number of aliphatic hydroxyl groups excluding tert-OH is 1. The summed E-state index contributed by atoms with van der Waals surface area (Å²) in [4.78, 5) is 7.47. The molecule has 0 bridgehead atoms. The second-order valence-corrected chi connectivity index (χ2v) is 5.03. The van der Waals surface area contributed by atoms with Gasteiger partial charge >= 0.3 is 0 Å². The fourth-order valence-electron chi connectivity index (χ4n) is 1.89. The van der Waals surface area contributed by atoms with Crippen molar-refractivity contribution < 1.29 is 9.84 Å². The topological polar surface area (TPSA) is 45.6 Å². The average Bonchev–Trinajstić information content (AvgIpc) is 2.96. The van der Waals surface area contributed by atoms with Gasteiger partial charge in [-0.2, -0.15) is 0 Å².